The molecule has 6 nitrogen and oxygen atoms in total. The maximum atomic E-state index is 12.1. The summed E-state index contributed by atoms with van der Waals surface area (Å²) in [5.74, 6) is 0.193. The van der Waals surface area contributed by atoms with Gasteiger partial charge in [0, 0.05) is 30.6 Å². The summed E-state index contributed by atoms with van der Waals surface area (Å²) < 4.78 is 5.02. The van der Waals surface area contributed by atoms with Gasteiger partial charge in [-0.05, 0) is 18.2 Å². The van der Waals surface area contributed by atoms with Gasteiger partial charge in [0.1, 0.15) is 5.69 Å². The molecule has 0 saturated carbocycles. The Labute approximate surface area is 143 Å². The molecule has 0 saturated heterocycles. The number of aromatic nitrogens is 3. The Morgan fingerprint density at radius 1 is 1.17 bits per heavy atom. The van der Waals surface area contributed by atoms with Gasteiger partial charge in [0.05, 0.1) is 23.5 Å². The van der Waals surface area contributed by atoms with Crippen LogP contribution in [0.3, 0.4) is 0 Å². The number of amides is 1. The summed E-state index contributed by atoms with van der Waals surface area (Å²) in [5, 5.41) is 5.77. The van der Waals surface area contributed by atoms with Gasteiger partial charge >= 0.3 is 0 Å². The Morgan fingerprint density at radius 3 is 2.88 bits per heavy atom. The molecule has 0 aromatic carbocycles. The third-order valence-corrected chi connectivity index (χ3v) is 4.18. The number of hydrogen-bond acceptors (Lipinski definition) is 6. The molecule has 122 valence electrons. The predicted molar refractivity (Wildman–Crippen MR) is 92.2 cm³/mol. The number of thiazole rings is 1. The van der Waals surface area contributed by atoms with Crippen LogP contribution >= 0.6 is 11.3 Å². The van der Waals surface area contributed by atoms with E-state index in [1.165, 1.54) is 7.11 Å². The first-order valence-electron chi connectivity index (χ1n) is 7.41. The van der Waals surface area contributed by atoms with Crippen LogP contribution in [0, 0.1) is 0 Å². The second-order valence-electron chi connectivity index (χ2n) is 4.91. The lowest BCUT2D eigenvalue weighted by molar-refractivity contribution is 0.0948. The molecule has 3 heterocycles. The Morgan fingerprint density at radius 2 is 2.08 bits per heavy atom. The first kappa shape index (κ1) is 16.1. The van der Waals surface area contributed by atoms with E-state index in [0.29, 0.717) is 24.5 Å². The van der Waals surface area contributed by atoms with Crippen molar-refractivity contribution in [2.24, 2.45) is 0 Å². The third-order valence-electron chi connectivity index (χ3n) is 3.27. The number of pyridine rings is 2. The predicted octanol–water partition coefficient (Wildman–Crippen LogP) is 2.58. The first-order chi connectivity index (χ1) is 11.8. The van der Waals surface area contributed by atoms with E-state index < -0.39 is 0 Å². The number of carbonyl (C=O) groups is 1. The summed E-state index contributed by atoms with van der Waals surface area (Å²) in [7, 11) is 1.52. The Hall–Kier alpha value is -2.80. The van der Waals surface area contributed by atoms with Crippen LogP contribution in [-0.2, 0) is 6.42 Å². The van der Waals surface area contributed by atoms with E-state index in [1.807, 2.05) is 23.6 Å². The fourth-order valence-corrected chi connectivity index (χ4v) is 2.88. The highest BCUT2D eigenvalue weighted by atomic mass is 32.1. The van der Waals surface area contributed by atoms with E-state index in [9.17, 15) is 4.79 Å². The van der Waals surface area contributed by atoms with Gasteiger partial charge in [-0.15, -0.1) is 11.3 Å². The topological polar surface area (TPSA) is 77.0 Å². The molecule has 0 atom stereocenters. The normalized spacial score (nSPS) is 10.4. The minimum Gasteiger partial charge on any atom is -0.481 e. The lowest BCUT2D eigenvalue weighted by atomic mass is 10.3. The van der Waals surface area contributed by atoms with Gasteiger partial charge in [-0.2, -0.15) is 0 Å². The lowest BCUT2D eigenvalue weighted by Crippen LogP contribution is -2.26. The van der Waals surface area contributed by atoms with E-state index in [0.717, 1.165) is 16.4 Å². The monoisotopic (exact) mass is 340 g/mol. The first-order valence-corrected chi connectivity index (χ1v) is 8.29. The van der Waals surface area contributed by atoms with Crippen LogP contribution < -0.4 is 10.1 Å². The van der Waals surface area contributed by atoms with E-state index in [-0.39, 0.29) is 5.91 Å². The molecule has 3 aromatic rings. The minimum absolute atomic E-state index is 0.226. The van der Waals surface area contributed by atoms with Crippen LogP contribution in [-0.4, -0.2) is 34.5 Å². The second-order valence-corrected chi connectivity index (χ2v) is 5.86. The number of rotatable bonds is 6. The van der Waals surface area contributed by atoms with Gasteiger partial charge in [0.2, 0.25) is 5.88 Å². The molecule has 0 spiro atoms. The Bertz CT molecular complexity index is 820. The quantitative estimate of drug-likeness (QED) is 0.746. The van der Waals surface area contributed by atoms with Crippen molar-refractivity contribution >= 4 is 17.2 Å². The molecule has 1 amide bonds. The number of nitrogens with zero attached hydrogens (tertiary/aromatic N) is 3. The summed E-state index contributed by atoms with van der Waals surface area (Å²) in [5.41, 5.74) is 2.05. The third kappa shape index (κ3) is 3.94. The summed E-state index contributed by atoms with van der Waals surface area (Å²) in [4.78, 5) is 25.0. The van der Waals surface area contributed by atoms with Crippen LogP contribution in [0.4, 0.5) is 0 Å². The molecular formula is C17H16N4O2S. The fourth-order valence-electron chi connectivity index (χ4n) is 2.09. The molecule has 0 fully saturated rings. The standard InChI is InChI=1S/C17H16N4O2S/c1-23-15-7-4-6-13(20-15)17(22)19-10-8-16-21-14(11-24-16)12-5-2-3-9-18-12/h2-7,9,11H,8,10H2,1H3,(H,19,22). The van der Waals surface area contributed by atoms with Gasteiger partial charge in [0.25, 0.3) is 5.91 Å². The molecule has 0 aliphatic carbocycles. The average Bonchev–Trinajstić information content (AvgIpc) is 3.11. The molecule has 24 heavy (non-hydrogen) atoms. The summed E-state index contributed by atoms with van der Waals surface area (Å²) >= 11 is 1.56. The smallest absolute Gasteiger partial charge is 0.270 e. The second kappa shape index (κ2) is 7.65. The molecule has 3 aromatic heterocycles. The van der Waals surface area contributed by atoms with Crippen LogP contribution in [0.1, 0.15) is 15.5 Å². The maximum absolute atomic E-state index is 12.1. The molecule has 3 rings (SSSR count). The van der Waals surface area contributed by atoms with Crippen LogP contribution in [0.25, 0.3) is 11.4 Å². The van der Waals surface area contributed by atoms with Crippen molar-refractivity contribution in [3.8, 4) is 17.3 Å². The van der Waals surface area contributed by atoms with Crippen LogP contribution in [0.5, 0.6) is 5.88 Å². The largest absolute Gasteiger partial charge is 0.481 e. The average molecular weight is 340 g/mol. The number of ether oxygens (including phenoxy) is 1. The highest BCUT2D eigenvalue weighted by molar-refractivity contribution is 7.09. The highest BCUT2D eigenvalue weighted by Gasteiger charge is 2.09. The molecule has 7 heteroatoms. The van der Waals surface area contributed by atoms with Gasteiger partial charge in [-0.3, -0.25) is 9.78 Å². The number of methoxy groups -OCH3 is 1. The van der Waals surface area contributed by atoms with Gasteiger partial charge in [-0.25, -0.2) is 9.97 Å². The molecule has 0 radical (unpaired) electrons. The zero-order valence-corrected chi connectivity index (χ0v) is 13.9. The van der Waals surface area contributed by atoms with Gasteiger partial charge in [0.15, 0.2) is 0 Å². The Kier molecular flexibility index (Phi) is 5.12. The van der Waals surface area contributed by atoms with Crippen molar-refractivity contribution in [2.45, 2.75) is 6.42 Å². The summed E-state index contributed by atoms with van der Waals surface area (Å²) in [6.45, 7) is 0.493. The van der Waals surface area contributed by atoms with Crippen LogP contribution in [0.15, 0.2) is 48.0 Å². The van der Waals surface area contributed by atoms with Crippen molar-refractivity contribution in [2.75, 3.05) is 13.7 Å². The molecular weight excluding hydrogens is 324 g/mol. The van der Waals surface area contributed by atoms with Crippen molar-refractivity contribution < 1.29 is 9.53 Å². The SMILES string of the molecule is COc1cccc(C(=O)NCCc2nc(-c3ccccn3)cs2)n1. The zero-order chi connectivity index (χ0) is 16.8. The summed E-state index contributed by atoms with van der Waals surface area (Å²) in [6.07, 6.45) is 2.41. The number of nitrogens with one attached hydrogen (secondary N) is 1. The van der Waals surface area contributed by atoms with Gasteiger partial charge in [-0.1, -0.05) is 12.1 Å². The minimum atomic E-state index is -0.226. The molecule has 0 aliphatic rings. The summed E-state index contributed by atoms with van der Waals surface area (Å²) in [6, 6.07) is 10.8. The fraction of sp³-hybridized carbons (Fsp3) is 0.176. The molecule has 0 aliphatic heterocycles. The Balaban J connectivity index is 1.55. The maximum Gasteiger partial charge on any atom is 0.270 e. The lowest BCUT2D eigenvalue weighted by Gasteiger charge is -2.04. The number of hydrogen-bond donors (Lipinski definition) is 1. The van der Waals surface area contributed by atoms with Crippen molar-refractivity contribution in [1.82, 2.24) is 20.3 Å². The van der Waals surface area contributed by atoms with Gasteiger partial charge < -0.3 is 10.1 Å². The van der Waals surface area contributed by atoms with E-state index in [4.69, 9.17) is 4.74 Å². The zero-order valence-electron chi connectivity index (χ0n) is 13.1. The van der Waals surface area contributed by atoms with Crippen molar-refractivity contribution in [3.05, 3.63) is 58.7 Å². The molecule has 0 bridgehead atoms. The van der Waals surface area contributed by atoms with Crippen LogP contribution in [0.2, 0.25) is 0 Å². The number of carbonyl (C=O) groups excluding carboxylic acids is 1. The molecule has 0 unspecified atom stereocenters. The van der Waals surface area contributed by atoms with E-state index in [1.54, 1.807) is 35.7 Å². The van der Waals surface area contributed by atoms with Crippen molar-refractivity contribution in [3.63, 3.8) is 0 Å². The highest BCUT2D eigenvalue weighted by Crippen LogP contribution is 2.19. The van der Waals surface area contributed by atoms with E-state index >= 15 is 0 Å². The molecule has 1 N–H and O–H groups in total. The van der Waals surface area contributed by atoms with Crippen molar-refractivity contribution in [1.29, 1.82) is 0 Å². The van der Waals surface area contributed by atoms with E-state index in [2.05, 4.69) is 20.3 Å².